The van der Waals surface area contributed by atoms with Crippen molar-refractivity contribution in [2.45, 2.75) is 18.9 Å². The third-order valence-corrected chi connectivity index (χ3v) is 5.52. The molecule has 0 saturated heterocycles. The number of methoxy groups -OCH3 is 1. The lowest BCUT2D eigenvalue weighted by Gasteiger charge is -2.21. The van der Waals surface area contributed by atoms with E-state index in [0.29, 0.717) is 31.0 Å². The number of likely N-dealkylation sites (N-methyl/N-ethyl adjacent to an activating group) is 1. The summed E-state index contributed by atoms with van der Waals surface area (Å²) in [6.07, 6.45) is -8.86. The van der Waals surface area contributed by atoms with Crippen LogP contribution in [-0.2, 0) is 18.9 Å². The number of rotatable bonds is 10. The molecule has 0 aliphatic heterocycles. The molecule has 0 atom stereocenters. The molecule has 1 heterocycles. The number of carbonyl (C=O) groups excluding carboxylic acids is 1. The second-order valence-corrected chi connectivity index (χ2v) is 8.97. The second-order valence-electron chi connectivity index (χ2n) is 8.97. The van der Waals surface area contributed by atoms with Crippen LogP contribution in [0, 0.1) is 0 Å². The Hall–Kier alpha value is -4.07. The maximum absolute atomic E-state index is 13.4. The number of para-hydroxylation sites is 2. The largest absolute Gasteiger partial charge is 0.493 e. The lowest BCUT2D eigenvalue weighted by molar-refractivity contribution is -0.143. The third kappa shape index (κ3) is 7.97. The van der Waals surface area contributed by atoms with Crippen molar-refractivity contribution in [3.8, 4) is 17.4 Å². The Labute approximate surface area is 226 Å². The molecule has 0 spiro atoms. The first-order chi connectivity index (χ1) is 18.7. The minimum Gasteiger partial charge on any atom is -0.493 e. The Morgan fingerprint density at radius 2 is 1.55 bits per heavy atom. The normalized spacial score (nSPS) is 11.9. The van der Waals surface area contributed by atoms with Crippen molar-refractivity contribution < 1.29 is 40.6 Å². The zero-order valence-corrected chi connectivity index (χ0v) is 22.0. The summed E-state index contributed by atoms with van der Waals surface area (Å²) >= 11 is 0. The number of benzene rings is 2. The molecule has 1 aromatic heterocycles. The fourth-order valence-corrected chi connectivity index (χ4v) is 3.54. The fourth-order valence-electron chi connectivity index (χ4n) is 3.54. The van der Waals surface area contributed by atoms with Gasteiger partial charge in [-0.05, 0) is 50.0 Å². The van der Waals surface area contributed by atoms with Crippen LogP contribution in [0.15, 0.2) is 48.7 Å². The van der Waals surface area contributed by atoms with Gasteiger partial charge in [0.2, 0.25) is 11.8 Å². The Morgan fingerprint density at radius 1 is 0.950 bits per heavy atom. The molecule has 0 aliphatic carbocycles. The minimum atomic E-state index is -5.02. The van der Waals surface area contributed by atoms with Gasteiger partial charge in [-0.1, -0.05) is 12.1 Å². The molecular weight excluding hydrogens is 544 g/mol. The van der Waals surface area contributed by atoms with Gasteiger partial charge in [0.25, 0.3) is 5.91 Å². The van der Waals surface area contributed by atoms with Gasteiger partial charge in [-0.25, -0.2) is 4.98 Å². The van der Waals surface area contributed by atoms with Gasteiger partial charge in [0.1, 0.15) is 5.56 Å². The van der Waals surface area contributed by atoms with Gasteiger partial charge in [0.05, 0.1) is 18.2 Å². The van der Waals surface area contributed by atoms with Gasteiger partial charge in [-0.2, -0.15) is 31.3 Å². The average molecular weight is 572 g/mol. The van der Waals surface area contributed by atoms with Gasteiger partial charge >= 0.3 is 12.4 Å². The minimum absolute atomic E-state index is 0.0282. The van der Waals surface area contributed by atoms with E-state index in [4.69, 9.17) is 9.47 Å². The molecule has 0 bridgehead atoms. The quantitative estimate of drug-likeness (QED) is 0.319. The van der Waals surface area contributed by atoms with E-state index in [2.05, 4.69) is 15.3 Å². The summed E-state index contributed by atoms with van der Waals surface area (Å²) in [5.74, 6) is -0.302. The first-order valence-electron chi connectivity index (χ1n) is 11.8. The van der Waals surface area contributed by atoms with Crippen molar-refractivity contribution in [1.29, 1.82) is 0 Å². The summed E-state index contributed by atoms with van der Waals surface area (Å²) in [6.45, 7) is 0.542. The number of nitrogens with one attached hydrogen (secondary N) is 1. The predicted octanol–water partition coefficient (Wildman–Crippen LogP) is 5.56. The van der Waals surface area contributed by atoms with Gasteiger partial charge in [0, 0.05) is 32.9 Å². The van der Waals surface area contributed by atoms with Gasteiger partial charge < -0.3 is 24.6 Å². The number of amides is 1. The lowest BCUT2D eigenvalue weighted by atomic mass is 10.0. The summed E-state index contributed by atoms with van der Waals surface area (Å²) in [4.78, 5) is 24.6. The van der Waals surface area contributed by atoms with Crippen LogP contribution in [0.2, 0.25) is 0 Å². The molecule has 2 aromatic carbocycles. The van der Waals surface area contributed by atoms with Crippen molar-refractivity contribution in [2.24, 2.45) is 0 Å². The molecule has 0 fully saturated rings. The molecule has 3 aromatic rings. The number of halogens is 6. The number of carbonyl (C=O) groups is 1. The standard InChI is InChI=1S/C26H27F6N5O3/c1-36(2)10-9-33-24-34-14-19(22(35-24)40-21-8-6-5-7-20(21)39-4)23(38)37(3)15-16-11-17(25(27,28)29)13-18(12-16)26(30,31)32/h5-8,11-14H,9-10,15H2,1-4H3,(H,33,34,35). The predicted molar refractivity (Wildman–Crippen MR) is 134 cm³/mol. The molecule has 0 radical (unpaired) electrons. The second kappa shape index (κ2) is 12.4. The molecule has 3 rings (SSSR count). The van der Waals surface area contributed by atoms with Crippen molar-refractivity contribution in [3.63, 3.8) is 0 Å². The number of anilines is 1. The molecular formula is C26H27F6N5O3. The van der Waals surface area contributed by atoms with Crippen molar-refractivity contribution >= 4 is 11.9 Å². The molecule has 40 heavy (non-hydrogen) atoms. The van der Waals surface area contributed by atoms with Gasteiger partial charge in [-0.3, -0.25) is 4.79 Å². The van der Waals surface area contributed by atoms with E-state index in [1.807, 2.05) is 19.0 Å². The zero-order valence-electron chi connectivity index (χ0n) is 22.0. The van der Waals surface area contributed by atoms with Crippen molar-refractivity contribution in [1.82, 2.24) is 19.8 Å². The molecule has 0 unspecified atom stereocenters. The zero-order chi connectivity index (χ0) is 29.7. The van der Waals surface area contributed by atoms with Crippen LogP contribution in [0.3, 0.4) is 0 Å². The van der Waals surface area contributed by atoms with Crippen molar-refractivity contribution in [2.75, 3.05) is 46.7 Å². The molecule has 0 saturated carbocycles. The van der Waals surface area contributed by atoms with Crippen molar-refractivity contribution in [3.05, 3.63) is 70.9 Å². The SMILES string of the molecule is COc1ccccc1Oc1nc(NCCN(C)C)ncc1C(=O)N(C)Cc1cc(C(F)(F)F)cc(C(F)(F)F)c1. The van der Waals surface area contributed by atoms with Crippen LogP contribution >= 0.6 is 0 Å². The van der Waals surface area contributed by atoms with E-state index in [-0.39, 0.29) is 34.8 Å². The highest BCUT2D eigenvalue weighted by molar-refractivity contribution is 5.96. The number of nitrogens with zero attached hydrogens (tertiary/aromatic N) is 4. The van der Waals surface area contributed by atoms with Crippen LogP contribution in [0.25, 0.3) is 0 Å². The summed E-state index contributed by atoms with van der Waals surface area (Å²) in [5, 5.41) is 2.99. The summed E-state index contributed by atoms with van der Waals surface area (Å²) in [6, 6.07) is 7.71. The lowest BCUT2D eigenvalue weighted by Crippen LogP contribution is -2.28. The van der Waals surface area contributed by atoms with Crippen LogP contribution in [0.5, 0.6) is 17.4 Å². The highest BCUT2D eigenvalue weighted by atomic mass is 19.4. The Morgan fingerprint density at radius 3 is 2.10 bits per heavy atom. The Kier molecular flexibility index (Phi) is 9.45. The fraction of sp³-hybridized carbons (Fsp3) is 0.346. The highest BCUT2D eigenvalue weighted by Gasteiger charge is 2.37. The Balaban J connectivity index is 1.95. The highest BCUT2D eigenvalue weighted by Crippen LogP contribution is 2.37. The first-order valence-corrected chi connectivity index (χ1v) is 11.8. The van der Waals surface area contributed by atoms with Crippen LogP contribution in [0.4, 0.5) is 32.3 Å². The Bertz CT molecular complexity index is 1300. The number of ether oxygens (including phenoxy) is 2. The average Bonchev–Trinajstić information content (AvgIpc) is 2.87. The number of hydrogen-bond donors (Lipinski definition) is 1. The molecule has 1 N–H and O–H groups in total. The molecule has 14 heteroatoms. The number of aromatic nitrogens is 2. The molecule has 8 nitrogen and oxygen atoms in total. The summed E-state index contributed by atoms with van der Waals surface area (Å²) < 4.78 is 90.9. The topological polar surface area (TPSA) is 79.8 Å². The maximum Gasteiger partial charge on any atom is 0.416 e. The first kappa shape index (κ1) is 30.5. The van der Waals surface area contributed by atoms with E-state index >= 15 is 0 Å². The monoisotopic (exact) mass is 571 g/mol. The molecule has 1 amide bonds. The number of alkyl halides is 6. The van der Waals surface area contributed by atoms with E-state index in [1.54, 1.807) is 24.3 Å². The van der Waals surface area contributed by atoms with Crippen LogP contribution < -0.4 is 14.8 Å². The van der Waals surface area contributed by atoms with E-state index in [0.717, 1.165) is 4.90 Å². The summed E-state index contributed by atoms with van der Waals surface area (Å²) in [5.41, 5.74) is -3.49. The van der Waals surface area contributed by atoms with E-state index in [9.17, 15) is 31.1 Å². The van der Waals surface area contributed by atoms with Crippen LogP contribution in [-0.4, -0.2) is 67.0 Å². The molecule has 0 aliphatic rings. The third-order valence-electron chi connectivity index (χ3n) is 5.52. The maximum atomic E-state index is 13.4. The van der Waals surface area contributed by atoms with E-state index < -0.39 is 35.9 Å². The smallest absolute Gasteiger partial charge is 0.416 e. The summed E-state index contributed by atoms with van der Waals surface area (Å²) in [7, 11) is 6.39. The van der Waals surface area contributed by atoms with Gasteiger partial charge in [0.15, 0.2) is 11.5 Å². The van der Waals surface area contributed by atoms with Gasteiger partial charge in [-0.15, -0.1) is 0 Å². The van der Waals surface area contributed by atoms with E-state index in [1.165, 1.54) is 20.4 Å². The van der Waals surface area contributed by atoms with Crippen LogP contribution in [0.1, 0.15) is 27.0 Å². The number of hydrogen-bond acceptors (Lipinski definition) is 7. The molecule has 216 valence electrons.